The summed E-state index contributed by atoms with van der Waals surface area (Å²) in [5.41, 5.74) is 17.2. The first-order chi connectivity index (χ1) is 19.3. The van der Waals surface area contributed by atoms with Gasteiger partial charge in [-0.15, -0.1) is 0 Å². The molecule has 0 bridgehead atoms. The van der Waals surface area contributed by atoms with Crippen LogP contribution in [0.25, 0.3) is 22.4 Å². The van der Waals surface area contributed by atoms with E-state index in [1.807, 2.05) is 29.0 Å². The van der Waals surface area contributed by atoms with E-state index in [0.717, 1.165) is 36.3 Å². The van der Waals surface area contributed by atoms with Crippen LogP contribution in [0.15, 0.2) is 61.3 Å². The summed E-state index contributed by atoms with van der Waals surface area (Å²) in [4.78, 5) is 24.3. The van der Waals surface area contributed by atoms with Crippen molar-refractivity contribution in [3.63, 3.8) is 0 Å². The number of piperidine rings is 1. The van der Waals surface area contributed by atoms with E-state index in [1.54, 1.807) is 24.5 Å². The van der Waals surface area contributed by atoms with Crippen LogP contribution in [-0.2, 0) is 12.1 Å². The second-order valence-electron chi connectivity index (χ2n) is 9.88. The summed E-state index contributed by atoms with van der Waals surface area (Å²) in [6, 6.07) is 12.3. The lowest BCUT2D eigenvalue weighted by Crippen LogP contribution is -2.52. The molecule has 0 unspecified atom stereocenters. The molecule has 1 aromatic carbocycles. The summed E-state index contributed by atoms with van der Waals surface area (Å²) in [6.07, 6.45) is 6.54. The minimum Gasteiger partial charge on any atom is -0.494 e. The summed E-state index contributed by atoms with van der Waals surface area (Å²) in [5, 5.41) is 0.408. The number of hydrogen-bond donors (Lipinski definition) is 2. The first-order valence-electron chi connectivity index (χ1n) is 12.8. The number of halogens is 2. The molecular weight excluding hydrogens is 533 g/mol. The van der Waals surface area contributed by atoms with E-state index < -0.39 is 11.4 Å². The number of aromatic nitrogens is 6. The molecule has 1 aliphatic heterocycles. The van der Waals surface area contributed by atoms with E-state index >= 15 is 0 Å². The predicted octanol–water partition coefficient (Wildman–Crippen LogP) is 4.17. The standard InChI is InChI=1S/C28H27ClFN9O/c1-40-22-7-6-17(10-19(22)30)20-11-18(13-39-16-36-25-26(31)34-15-35-27(25)39)21(12-33-20)38-9-3-8-28(32,14-38)23-4-2-5-24(29)37-23/h2,4-7,10-12,15-16H,3,8-9,13-14,32H2,1H3,(H2,31,34,35)/t28-/m1/s1. The Morgan fingerprint density at radius 2 is 2.00 bits per heavy atom. The molecule has 5 aromatic rings. The van der Waals surface area contributed by atoms with Crippen LogP contribution >= 0.6 is 11.6 Å². The van der Waals surface area contributed by atoms with Gasteiger partial charge in [-0.2, -0.15) is 0 Å². The molecule has 5 heterocycles. The molecule has 0 spiro atoms. The summed E-state index contributed by atoms with van der Waals surface area (Å²) in [7, 11) is 1.43. The molecule has 1 saturated heterocycles. The Morgan fingerprint density at radius 3 is 2.80 bits per heavy atom. The van der Waals surface area contributed by atoms with E-state index in [9.17, 15) is 4.39 Å². The van der Waals surface area contributed by atoms with E-state index in [4.69, 9.17) is 32.8 Å². The highest BCUT2D eigenvalue weighted by atomic mass is 35.5. The number of ether oxygens (including phenoxy) is 1. The molecule has 0 aliphatic carbocycles. The third-order valence-electron chi connectivity index (χ3n) is 7.27. The second kappa shape index (κ2) is 10.3. The summed E-state index contributed by atoms with van der Waals surface area (Å²) in [5.74, 6) is 0.0224. The number of fused-ring (bicyclic) bond motifs is 1. The summed E-state index contributed by atoms with van der Waals surface area (Å²) < 4.78 is 21.6. The molecule has 204 valence electrons. The maximum absolute atomic E-state index is 14.6. The number of methoxy groups -OCH3 is 1. The maximum atomic E-state index is 14.6. The molecule has 1 fully saturated rings. The molecule has 1 aliphatic rings. The van der Waals surface area contributed by atoms with Crippen LogP contribution in [0.2, 0.25) is 5.15 Å². The number of nitrogens with two attached hydrogens (primary N) is 2. The van der Waals surface area contributed by atoms with Crippen LogP contribution in [-0.4, -0.2) is 49.7 Å². The minimum absolute atomic E-state index is 0.171. The molecule has 10 nitrogen and oxygen atoms in total. The zero-order valence-corrected chi connectivity index (χ0v) is 22.5. The Hall–Kier alpha value is -4.35. The van der Waals surface area contributed by atoms with Crippen LogP contribution in [0, 0.1) is 5.82 Å². The number of rotatable bonds is 6. The topological polar surface area (TPSA) is 134 Å². The fourth-order valence-corrected chi connectivity index (χ4v) is 5.43. The van der Waals surface area contributed by atoms with E-state index in [2.05, 4.69) is 24.8 Å². The molecule has 40 heavy (non-hydrogen) atoms. The maximum Gasteiger partial charge on any atom is 0.165 e. The van der Waals surface area contributed by atoms with Crippen molar-refractivity contribution in [2.75, 3.05) is 30.8 Å². The van der Waals surface area contributed by atoms with E-state index in [-0.39, 0.29) is 5.75 Å². The Balaban J connectivity index is 1.42. The van der Waals surface area contributed by atoms with Gasteiger partial charge in [0.25, 0.3) is 0 Å². The van der Waals surface area contributed by atoms with Crippen molar-refractivity contribution in [3.8, 4) is 17.0 Å². The largest absolute Gasteiger partial charge is 0.494 e. The lowest BCUT2D eigenvalue weighted by atomic mass is 9.86. The van der Waals surface area contributed by atoms with Gasteiger partial charge in [0.15, 0.2) is 23.0 Å². The zero-order chi connectivity index (χ0) is 27.9. The fraction of sp³-hybridized carbons (Fsp3) is 0.250. The Labute approximate surface area is 234 Å². The third kappa shape index (κ3) is 4.78. The van der Waals surface area contributed by atoms with Gasteiger partial charge >= 0.3 is 0 Å². The highest BCUT2D eigenvalue weighted by Crippen LogP contribution is 2.35. The van der Waals surface area contributed by atoms with E-state index in [1.165, 1.54) is 19.5 Å². The smallest absolute Gasteiger partial charge is 0.165 e. The van der Waals surface area contributed by atoms with Gasteiger partial charge in [0.2, 0.25) is 0 Å². The highest BCUT2D eigenvalue weighted by molar-refractivity contribution is 6.29. The molecule has 0 radical (unpaired) electrons. The second-order valence-corrected chi connectivity index (χ2v) is 10.3. The average Bonchev–Trinajstić information content (AvgIpc) is 3.37. The Bertz CT molecular complexity index is 1710. The quantitative estimate of drug-likeness (QED) is 0.294. The van der Waals surface area contributed by atoms with Crippen LogP contribution in [0.4, 0.5) is 15.9 Å². The zero-order valence-electron chi connectivity index (χ0n) is 21.8. The monoisotopic (exact) mass is 559 g/mol. The van der Waals surface area contributed by atoms with Crippen LogP contribution in [0.1, 0.15) is 24.1 Å². The number of benzene rings is 1. The molecule has 1 atom stereocenters. The summed E-state index contributed by atoms with van der Waals surface area (Å²) in [6.45, 7) is 1.72. The van der Waals surface area contributed by atoms with Gasteiger partial charge in [0.1, 0.15) is 17.0 Å². The van der Waals surface area contributed by atoms with Gasteiger partial charge in [-0.25, -0.2) is 24.3 Å². The molecule has 0 saturated carbocycles. The molecule has 12 heteroatoms. The van der Waals surface area contributed by atoms with Crippen molar-refractivity contribution < 1.29 is 9.13 Å². The molecule has 4 aromatic heterocycles. The number of nitrogens with zero attached hydrogens (tertiary/aromatic N) is 7. The predicted molar refractivity (Wildman–Crippen MR) is 152 cm³/mol. The van der Waals surface area contributed by atoms with Gasteiger partial charge in [0.05, 0.1) is 48.8 Å². The number of imidazole rings is 1. The lowest BCUT2D eigenvalue weighted by Gasteiger charge is -2.41. The molecule has 0 amide bonds. The number of pyridine rings is 2. The molecular formula is C28H27ClFN9O. The molecule has 6 rings (SSSR count). The Morgan fingerprint density at radius 1 is 1.12 bits per heavy atom. The summed E-state index contributed by atoms with van der Waals surface area (Å²) >= 11 is 6.20. The van der Waals surface area contributed by atoms with Gasteiger partial charge in [-0.1, -0.05) is 17.7 Å². The van der Waals surface area contributed by atoms with Crippen molar-refractivity contribution in [2.45, 2.75) is 24.9 Å². The van der Waals surface area contributed by atoms with Crippen molar-refractivity contribution in [1.82, 2.24) is 29.5 Å². The third-order valence-corrected chi connectivity index (χ3v) is 7.48. The number of nitrogen functional groups attached to an aromatic ring is 1. The van der Waals surface area contributed by atoms with Crippen molar-refractivity contribution >= 4 is 34.3 Å². The SMILES string of the molecule is COc1ccc(-c2cc(Cn3cnc4c(N)ncnc43)c(N3CCC[C@](N)(c4cccc(Cl)n4)C3)cn2)cc1F. The van der Waals surface area contributed by atoms with Crippen molar-refractivity contribution in [1.29, 1.82) is 0 Å². The van der Waals surface area contributed by atoms with Gasteiger partial charge in [-0.05, 0) is 54.8 Å². The highest BCUT2D eigenvalue weighted by Gasteiger charge is 2.35. The normalized spacial score (nSPS) is 17.4. The van der Waals surface area contributed by atoms with Crippen molar-refractivity contribution in [2.24, 2.45) is 5.73 Å². The Kier molecular flexibility index (Phi) is 6.68. The first-order valence-corrected chi connectivity index (χ1v) is 13.1. The lowest BCUT2D eigenvalue weighted by molar-refractivity contribution is 0.345. The minimum atomic E-state index is -0.693. The number of hydrogen-bond acceptors (Lipinski definition) is 9. The van der Waals surface area contributed by atoms with Gasteiger partial charge in [-0.3, -0.25) is 4.98 Å². The van der Waals surface area contributed by atoms with Gasteiger partial charge in [0, 0.05) is 18.7 Å². The van der Waals surface area contributed by atoms with Crippen LogP contribution < -0.4 is 21.1 Å². The van der Waals surface area contributed by atoms with Crippen molar-refractivity contribution in [3.05, 3.63) is 83.5 Å². The van der Waals surface area contributed by atoms with E-state index in [0.29, 0.717) is 46.5 Å². The first kappa shape index (κ1) is 25.9. The van der Waals surface area contributed by atoms with Crippen LogP contribution in [0.5, 0.6) is 5.75 Å². The van der Waals surface area contributed by atoms with Gasteiger partial charge < -0.3 is 25.7 Å². The van der Waals surface area contributed by atoms with Crippen LogP contribution in [0.3, 0.4) is 0 Å². The molecule has 4 N–H and O–H groups in total. The average molecular weight is 560 g/mol. The fourth-order valence-electron chi connectivity index (χ4n) is 5.27. The number of anilines is 2.